The number of nitrogens with one attached hydrogen (secondary N) is 4. The van der Waals surface area contributed by atoms with E-state index in [9.17, 15) is 30.0 Å². The summed E-state index contributed by atoms with van der Waals surface area (Å²) >= 11 is 4.57. The molecule has 0 spiro atoms. The number of rotatable bonds is 14. The van der Waals surface area contributed by atoms with Crippen LogP contribution in [0, 0.1) is 7.14 Å². The molecule has 0 saturated carbocycles. The molecule has 0 saturated heterocycles. The molecule has 2 aliphatic rings. The van der Waals surface area contributed by atoms with Crippen LogP contribution in [0.15, 0.2) is 60.7 Å². The minimum Gasteiger partial charge on any atom is -0.504 e. The summed E-state index contributed by atoms with van der Waals surface area (Å²) < 4.78 is 2.18. The molecule has 0 aromatic heterocycles. The van der Waals surface area contributed by atoms with Gasteiger partial charge in [-0.15, -0.1) is 0 Å². The molecule has 2 heterocycles. The molecule has 26 heteroatoms. The standard InChI is InChI=1S/2C20H23IN2O4.3C2H2O4/c2*21-15-8-12(3-4-16(15)22-6-1-2-20(26)27)9-17-14-11-19(25)18(24)10-13(14)5-7-23-17;3*3-1(4)2(5)6/h2*3-4,8,10-11,17,22-25H,1-2,5-7,9H2,(H,26,27);3*(H,3,4)(H,5,6). The summed E-state index contributed by atoms with van der Waals surface area (Å²) in [6.45, 7) is 2.92. The number of aliphatic carboxylic acids is 8. The predicted octanol–water partition coefficient (Wildman–Crippen LogP) is 4.28. The first kappa shape index (κ1) is 60.9. The van der Waals surface area contributed by atoms with Gasteiger partial charge in [-0.25, -0.2) is 28.8 Å². The Morgan fingerprint density at radius 3 is 1.06 bits per heavy atom. The van der Waals surface area contributed by atoms with Gasteiger partial charge in [0.15, 0.2) is 23.0 Å². The van der Waals surface area contributed by atoms with E-state index in [1.807, 2.05) is 12.1 Å². The van der Waals surface area contributed by atoms with Crippen LogP contribution in [-0.4, -0.2) is 135 Å². The fraction of sp³-hybridized carbons (Fsp3) is 0.304. The van der Waals surface area contributed by atoms with E-state index in [1.165, 1.54) is 11.1 Å². The van der Waals surface area contributed by atoms with Crippen molar-refractivity contribution in [3.8, 4) is 23.0 Å². The number of fused-ring (bicyclic) bond motifs is 2. The molecule has 0 radical (unpaired) electrons. The summed E-state index contributed by atoms with van der Waals surface area (Å²) in [5, 5.41) is 114. The van der Waals surface area contributed by atoms with Crippen LogP contribution in [0.1, 0.15) is 71.1 Å². The van der Waals surface area contributed by atoms with Gasteiger partial charge in [-0.3, -0.25) is 9.59 Å². The molecule has 2 atom stereocenters. The molecule has 2 aliphatic heterocycles. The Labute approximate surface area is 436 Å². The number of anilines is 2. The van der Waals surface area contributed by atoms with Crippen molar-refractivity contribution in [3.05, 3.63) is 101 Å². The van der Waals surface area contributed by atoms with Gasteiger partial charge in [0.05, 0.1) is 0 Å². The van der Waals surface area contributed by atoms with E-state index >= 15 is 0 Å². The van der Waals surface area contributed by atoms with Crippen LogP contribution < -0.4 is 21.3 Å². The molecule has 72 heavy (non-hydrogen) atoms. The Morgan fingerprint density at radius 2 is 0.778 bits per heavy atom. The summed E-state index contributed by atoms with van der Waals surface area (Å²) in [4.78, 5) is 75.7. The van der Waals surface area contributed by atoms with Crippen molar-refractivity contribution in [1.82, 2.24) is 10.6 Å². The minimum atomic E-state index is -1.82. The SMILES string of the molecule is O=C(O)C(=O)O.O=C(O)C(=O)O.O=C(O)C(=O)O.O=C(O)CCCNc1ccc(CC2NCCc3cc(O)c(O)cc32)cc1I.O=C(O)CCCNc1ccc(CC2NCCc3cc(O)c(O)cc32)cc1I. The number of hydrogen-bond donors (Lipinski definition) is 16. The zero-order chi connectivity index (χ0) is 54.2. The van der Waals surface area contributed by atoms with Gasteiger partial charge in [0.1, 0.15) is 0 Å². The molecule has 16 N–H and O–H groups in total. The number of carbonyl (C=O) groups is 8. The highest BCUT2D eigenvalue weighted by atomic mass is 127. The normalized spacial score (nSPS) is 13.8. The summed E-state index contributed by atoms with van der Waals surface area (Å²) in [6, 6.07) is 19.2. The van der Waals surface area contributed by atoms with E-state index in [1.54, 1.807) is 24.3 Å². The first-order chi connectivity index (χ1) is 33.8. The van der Waals surface area contributed by atoms with Gasteiger partial charge in [-0.1, -0.05) is 12.1 Å². The highest BCUT2D eigenvalue weighted by molar-refractivity contribution is 14.1. The lowest BCUT2D eigenvalue weighted by Crippen LogP contribution is -2.31. The molecule has 0 bridgehead atoms. The van der Waals surface area contributed by atoms with Gasteiger partial charge in [0, 0.05) is 56.5 Å². The van der Waals surface area contributed by atoms with Crippen LogP contribution in [0.25, 0.3) is 0 Å². The van der Waals surface area contributed by atoms with E-state index in [0.717, 1.165) is 79.5 Å². The zero-order valence-corrected chi connectivity index (χ0v) is 42.1. The summed E-state index contributed by atoms with van der Waals surface area (Å²) in [5.41, 5.74) is 8.56. The average molecular weight is 1230 g/mol. The second-order valence-corrected chi connectivity index (χ2v) is 17.6. The average Bonchev–Trinajstić information content (AvgIpc) is 3.29. The molecule has 0 amide bonds. The number of carboxylic acid groups (broad SMARTS) is 8. The van der Waals surface area contributed by atoms with E-state index in [-0.39, 0.29) is 47.9 Å². The Hall–Kier alpha value is -7.18. The monoisotopic (exact) mass is 1230 g/mol. The van der Waals surface area contributed by atoms with Crippen LogP contribution in [-0.2, 0) is 64.0 Å². The van der Waals surface area contributed by atoms with Gasteiger partial charge in [0.25, 0.3) is 0 Å². The maximum absolute atomic E-state index is 10.6. The van der Waals surface area contributed by atoms with Gasteiger partial charge < -0.3 is 82.5 Å². The smallest absolute Gasteiger partial charge is 0.414 e. The quantitative estimate of drug-likeness (QED) is 0.0362. The molecule has 0 aliphatic carbocycles. The van der Waals surface area contributed by atoms with E-state index in [4.69, 9.17) is 69.6 Å². The van der Waals surface area contributed by atoms with Crippen LogP contribution in [0.4, 0.5) is 11.4 Å². The first-order valence-corrected chi connectivity index (χ1v) is 23.4. The first-order valence-electron chi connectivity index (χ1n) is 21.2. The topological polar surface area (TPSA) is 427 Å². The second kappa shape index (κ2) is 30.5. The number of phenols is 4. The fourth-order valence-corrected chi connectivity index (χ4v) is 8.30. The summed E-state index contributed by atoms with van der Waals surface area (Å²) in [6.07, 6.45) is 4.73. The maximum Gasteiger partial charge on any atom is 0.414 e. The largest absolute Gasteiger partial charge is 0.504 e. The Morgan fingerprint density at radius 1 is 0.472 bits per heavy atom. The molecule has 4 aromatic rings. The van der Waals surface area contributed by atoms with Crippen molar-refractivity contribution < 1.29 is 99.6 Å². The van der Waals surface area contributed by atoms with Gasteiger partial charge in [-0.2, -0.15) is 0 Å². The number of aromatic hydroxyl groups is 4. The number of phenolic OH excluding ortho intramolecular Hbond substituents is 4. The number of benzene rings is 4. The van der Waals surface area contributed by atoms with Crippen LogP contribution >= 0.6 is 45.2 Å². The van der Waals surface area contributed by atoms with Crippen molar-refractivity contribution >= 4 is 104 Å². The molecular formula is C46H52I2N4O20. The Kier molecular flexibility index (Phi) is 25.8. The summed E-state index contributed by atoms with van der Waals surface area (Å²) in [5.74, 6) is -12.8. The Balaban J connectivity index is 0.000000369. The molecular weight excluding hydrogens is 1180 g/mol. The lowest BCUT2D eigenvalue weighted by atomic mass is 9.90. The van der Waals surface area contributed by atoms with Crippen LogP contribution in [0.2, 0.25) is 0 Å². The van der Waals surface area contributed by atoms with Crippen molar-refractivity contribution in [2.24, 2.45) is 0 Å². The summed E-state index contributed by atoms with van der Waals surface area (Å²) in [7, 11) is 0. The minimum absolute atomic E-state index is 0.0673. The molecule has 24 nitrogen and oxygen atoms in total. The number of carboxylic acids is 8. The van der Waals surface area contributed by atoms with E-state index in [2.05, 4.69) is 90.7 Å². The van der Waals surface area contributed by atoms with Gasteiger partial charge in [-0.05, 0) is 179 Å². The third kappa shape index (κ3) is 21.9. The third-order valence-corrected chi connectivity index (χ3v) is 11.8. The fourth-order valence-electron chi connectivity index (χ4n) is 6.76. The van der Waals surface area contributed by atoms with Crippen LogP contribution in [0.3, 0.4) is 0 Å². The zero-order valence-electron chi connectivity index (χ0n) is 37.8. The van der Waals surface area contributed by atoms with Crippen molar-refractivity contribution in [2.45, 2.75) is 63.5 Å². The molecule has 0 fully saturated rings. The van der Waals surface area contributed by atoms with Crippen molar-refractivity contribution in [1.29, 1.82) is 0 Å². The number of hydrogen-bond acceptors (Lipinski definition) is 16. The van der Waals surface area contributed by atoms with Gasteiger partial charge >= 0.3 is 47.8 Å². The van der Waals surface area contributed by atoms with Gasteiger partial charge in [0.2, 0.25) is 0 Å². The third-order valence-electron chi connectivity index (χ3n) is 10.1. The molecule has 390 valence electrons. The number of halogens is 2. The molecule has 2 unspecified atom stereocenters. The predicted molar refractivity (Wildman–Crippen MR) is 271 cm³/mol. The highest BCUT2D eigenvalue weighted by Crippen LogP contribution is 2.37. The van der Waals surface area contributed by atoms with Crippen molar-refractivity contribution in [3.63, 3.8) is 0 Å². The Bertz CT molecular complexity index is 2360. The molecule has 6 rings (SSSR count). The van der Waals surface area contributed by atoms with Crippen LogP contribution in [0.5, 0.6) is 23.0 Å². The van der Waals surface area contributed by atoms with E-state index < -0.39 is 47.8 Å². The lowest BCUT2D eigenvalue weighted by Gasteiger charge is -2.27. The lowest BCUT2D eigenvalue weighted by molar-refractivity contribution is -0.159. The van der Waals surface area contributed by atoms with Crippen molar-refractivity contribution in [2.75, 3.05) is 36.8 Å². The van der Waals surface area contributed by atoms with E-state index in [0.29, 0.717) is 25.9 Å². The highest BCUT2D eigenvalue weighted by Gasteiger charge is 2.24. The second-order valence-electron chi connectivity index (χ2n) is 15.3. The maximum atomic E-state index is 10.6. The molecule has 4 aromatic carbocycles.